The van der Waals surface area contributed by atoms with Crippen molar-refractivity contribution in [3.63, 3.8) is 0 Å². The summed E-state index contributed by atoms with van der Waals surface area (Å²) in [5.74, 6) is 0.853. The molecule has 0 bridgehead atoms. The van der Waals surface area contributed by atoms with Crippen LogP contribution in [-0.4, -0.2) is 14.5 Å². The highest BCUT2D eigenvalue weighted by molar-refractivity contribution is 7.89. The average Bonchev–Trinajstić information content (AvgIpc) is 2.44. The Bertz CT molecular complexity index is 661. The third-order valence-electron chi connectivity index (χ3n) is 4.62. The molecule has 0 aromatic heterocycles. The maximum atomic E-state index is 12.6. The molecule has 0 amide bonds. The monoisotopic (exact) mass is 306 g/mol. The summed E-state index contributed by atoms with van der Waals surface area (Å²) in [7, 11) is -3.58. The van der Waals surface area contributed by atoms with Crippen molar-refractivity contribution in [3.05, 3.63) is 29.3 Å². The summed E-state index contributed by atoms with van der Waals surface area (Å²) in [6.45, 7) is 6.03. The molecule has 3 unspecified atom stereocenters. The maximum Gasteiger partial charge on any atom is 0.241 e. The number of aryl methyl sites for hydroxylation is 1. The highest BCUT2D eigenvalue weighted by Crippen LogP contribution is 2.30. The van der Waals surface area contributed by atoms with Gasteiger partial charge in [0.05, 0.1) is 16.5 Å². The molecule has 1 N–H and O–H groups in total. The normalized spacial score (nSPS) is 26.3. The molecule has 0 aliphatic heterocycles. The van der Waals surface area contributed by atoms with Crippen molar-refractivity contribution in [3.8, 4) is 6.07 Å². The molecule has 4 nitrogen and oxygen atoms in total. The van der Waals surface area contributed by atoms with Gasteiger partial charge in [0, 0.05) is 6.04 Å². The van der Waals surface area contributed by atoms with Crippen LogP contribution in [-0.2, 0) is 10.0 Å². The molecule has 1 fully saturated rings. The van der Waals surface area contributed by atoms with Crippen LogP contribution in [0.1, 0.15) is 44.2 Å². The summed E-state index contributed by atoms with van der Waals surface area (Å²) in [5.41, 5.74) is 1.03. The number of nitrogens with one attached hydrogen (secondary N) is 1. The van der Waals surface area contributed by atoms with E-state index in [-0.39, 0.29) is 10.9 Å². The average molecular weight is 306 g/mol. The predicted molar refractivity (Wildman–Crippen MR) is 82.2 cm³/mol. The van der Waals surface area contributed by atoms with E-state index in [9.17, 15) is 8.42 Å². The lowest BCUT2D eigenvalue weighted by molar-refractivity contribution is 0.227. The fourth-order valence-electron chi connectivity index (χ4n) is 2.97. The number of hydrogen-bond donors (Lipinski definition) is 1. The maximum absolute atomic E-state index is 12.6. The van der Waals surface area contributed by atoms with Crippen LogP contribution in [0, 0.1) is 30.1 Å². The van der Waals surface area contributed by atoms with E-state index in [1.807, 2.05) is 6.07 Å². The molecular formula is C16H22N2O2S. The molecule has 1 saturated carbocycles. The van der Waals surface area contributed by atoms with E-state index in [1.54, 1.807) is 19.1 Å². The van der Waals surface area contributed by atoms with Gasteiger partial charge >= 0.3 is 0 Å². The number of rotatable bonds is 3. The van der Waals surface area contributed by atoms with Gasteiger partial charge in [0.15, 0.2) is 0 Å². The fraction of sp³-hybridized carbons (Fsp3) is 0.562. The lowest BCUT2D eigenvalue weighted by atomic mass is 9.78. The third-order valence-corrected chi connectivity index (χ3v) is 6.25. The minimum absolute atomic E-state index is 0.0242. The van der Waals surface area contributed by atoms with Crippen molar-refractivity contribution < 1.29 is 8.42 Å². The van der Waals surface area contributed by atoms with Gasteiger partial charge in [-0.25, -0.2) is 13.1 Å². The van der Waals surface area contributed by atoms with Crippen LogP contribution in [0.25, 0.3) is 0 Å². The van der Waals surface area contributed by atoms with E-state index in [2.05, 4.69) is 18.6 Å². The van der Waals surface area contributed by atoms with Gasteiger partial charge < -0.3 is 0 Å². The smallest absolute Gasteiger partial charge is 0.208 e. The Morgan fingerprint density at radius 1 is 1.29 bits per heavy atom. The second kappa shape index (κ2) is 6.17. The zero-order chi connectivity index (χ0) is 15.6. The Hall–Kier alpha value is -1.38. The molecule has 0 radical (unpaired) electrons. The summed E-state index contributed by atoms with van der Waals surface area (Å²) >= 11 is 0. The highest BCUT2D eigenvalue weighted by atomic mass is 32.2. The topological polar surface area (TPSA) is 70.0 Å². The van der Waals surface area contributed by atoms with Gasteiger partial charge in [-0.15, -0.1) is 0 Å². The number of benzene rings is 1. The van der Waals surface area contributed by atoms with E-state index in [0.29, 0.717) is 23.0 Å². The molecule has 1 aromatic rings. The van der Waals surface area contributed by atoms with Crippen LogP contribution in [0.4, 0.5) is 0 Å². The standard InChI is InChI=1S/C16H22N2O2S/c1-11-5-4-6-15(13(11)3)18-21(19,20)16-9-14(10-17)8-7-12(16)2/h7-9,11,13,15,18H,4-6H2,1-3H3. The molecular weight excluding hydrogens is 284 g/mol. The molecule has 0 saturated heterocycles. The van der Waals surface area contributed by atoms with Gasteiger partial charge in [-0.2, -0.15) is 5.26 Å². The van der Waals surface area contributed by atoms with Crippen molar-refractivity contribution >= 4 is 10.0 Å². The first-order valence-electron chi connectivity index (χ1n) is 7.38. The second-order valence-corrected chi connectivity index (χ2v) is 7.77. The Morgan fingerprint density at radius 2 is 2.00 bits per heavy atom. The van der Waals surface area contributed by atoms with Crippen LogP contribution in [0.3, 0.4) is 0 Å². The van der Waals surface area contributed by atoms with Crippen molar-refractivity contribution in [1.29, 1.82) is 5.26 Å². The lowest BCUT2D eigenvalue weighted by Gasteiger charge is -2.34. The SMILES string of the molecule is Cc1ccc(C#N)cc1S(=O)(=O)NC1CCCC(C)C1C. The van der Waals surface area contributed by atoms with Gasteiger partial charge in [-0.3, -0.25) is 0 Å². The van der Waals surface area contributed by atoms with Crippen molar-refractivity contribution in [1.82, 2.24) is 4.72 Å². The summed E-state index contributed by atoms with van der Waals surface area (Å²) in [6, 6.07) is 6.74. The first-order chi connectivity index (χ1) is 9.85. The van der Waals surface area contributed by atoms with Crippen LogP contribution < -0.4 is 4.72 Å². The summed E-state index contributed by atoms with van der Waals surface area (Å²) in [6.07, 6.45) is 3.08. The van der Waals surface area contributed by atoms with Gasteiger partial charge in [0.1, 0.15) is 0 Å². The molecule has 1 aliphatic rings. The molecule has 0 heterocycles. The molecule has 114 valence electrons. The van der Waals surface area contributed by atoms with Gasteiger partial charge in [-0.1, -0.05) is 32.8 Å². The second-order valence-electron chi connectivity index (χ2n) is 6.09. The largest absolute Gasteiger partial charge is 0.241 e. The first-order valence-corrected chi connectivity index (χ1v) is 8.86. The van der Waals surface area contributed by atoms with Crippen LogP contribution in [0.5, 0.6) is 0 Å². The molecule has 2 rings (SSSR count). The molecule has 1 aromatic carbocycles. The predicted octanol–water partition coefficient (Wildman–Crippen LogP) is 2.97. The minimum Gasteiger partial charge on any atom is -0.208 e. The molecule has 0 spiro atoms. The van der Waals surface area contributed by atoms with E-state index in [4.69, 9.17) is 5.26 Å². The molecule has 1 aliphatic carbocycles. The lowest BCUT2D eigenvalue weighted by Crippen LogP contribution is -2.43. The first kappa shape index (κ1) is 16.0. The number of nitrogens with zero attached hydrogens (tertiary/aromatic N) is 1. The van der Waals surface area contributed by atoms with Crippen molar-refractivity contribution in [2.45, 2.75) is 51.0 Å². The fourth-order valence-corrected chi connectivity index (χ4v) is 4.60. The van der Waals surface area contributed by atoms with Gasteiger partial charge in [0.25, 0.3) is 0 Å². The molecule has 21 heavy (non-hydrogen) atoms. The van der Waals surface area contributed by atoms with E-state index in [0.717, 1.165) is 19.3 Å². The Labute approximate surface area is 127 Å². The molecule has 3 atom stereocenters. The summed E-state index contributed by atoms with van der Waals surface area (Å²) < 4.78 is 28.1. The number of hydrogen-bond acceptors (Lipinski definition) is 3. The van der Waals surface area contributed by atoms with Crippen LogP contribution in [0.15, 0.2) is 23.1 Å². The zero-order valence-corrected chi connectivity index (χ0v) is 13.6. The van der Waals surface area contributed by atoms with Crippen LogP contribution in [0.2, 0.25) is 0 Å². The zero-order valence-electron chi connectivity index (χ0n) is 12.8. The summed E-state index contributed by atoms with van der Waals surface area (Å²) in [5, 5.41) is 8.95. The van der Waals surface area contributed by atoms with E-state index < -0.39 is 10.0 Å². The van der Waals surface area contributed by atoms with E-state index >= 15 is 0 Å². The number of sulfonamides is 1. The Balaban J connectivity index is 2.28. The Kier molecular flexibility index (Phi) is 4.70. The van der Waals surface area contributed by atoms with E-state index in [1.165, 1.54) is 6.07 Å². The highest BCUT2D eigenvalue weighted by Gasteiger charge is 2.31. The van der Waals surface area contributed by atoms with Crippen molar-refractivity contribution in [2.75, 3.05) is 0 Å². The third kappa shape index (κ3) is 3.45. The minimum atomic E-state index is -3.58. The molecule has 5 heteroatoms. The quantitative estimate of drug-likeness (QED) is 0.933. The number of nitriles is 1. The van der Waals surface area contributed by atoms with Crippen molar-refractivity contribution in [2.24, 2.45) is 11.8 Å². The van der Waals surface area contributed by atoms with Crippen LogP contribution >= 0.6 is 0 Å². The van der Waals surface area contributed by atoms with Gasteiger partial charge in [0.2, 0.25) is 10.0 Å². The Morgan fingerprint density at radius 3 is 2.67 bits per heavy atom. The van der Waals surface area contributed by atoms with Gasteiger partial charge in [-0.05, 0) is 42.9 Å². The summed E-state index contributed by atoms with van der Waals surface area (Å²) in [4.78, 5) is 0.215.